The molecule has 0 spiro atoms. The average molecular weight is 240 g/mol. The summed E-state index contributed by atoms with van der Waals surface area (Å²) in [5.74, 6) is 1.67. The molecule has 0 aromatic carbocycles. The molecule has 3 heteroatoms. The van der Waals surface area contributed by atoms with E-state index in [4.69, 9.17) is 4.74 Å². The number of hydrogen-bond donors (Lipinski definition) is 1. The van der Waals surface area contributed by atoms with Crippen molar-refractivity contribution in [1.29, 1.82) is 0 Å². The number of rotatable bonds is 7. The van der Waals surface area contributed by atoms with E-state index in [1.807, 2.05) is 0 Å². The van der Waals surface area contributed by atoms with Gasteiger partial charge >= 0.3 is 0 Å². The van der Waals surface area contributed by atoms with Crippen LogP contribution in [0.25, 0.3) is 0 Å². The molecule has 0 radical (unpaired) electrons. The molecule has 0 amide bonds. The van der Waals surface area contributed by atoms with Crippen molar-refractivity contribution in [2.24, 2.45) is 11.8 Å². The fraction of sp³-hybridized carbons (Fsp3) is 1.00. The Morgan fingerprint density at radius 2 is 2.06 bits per heavy atom. The van der Waals surface area contributed by atoms with Gasteiger partial charge in [-0.2, -0.15) is 0 Å². The molecule has 2 rings (SSSR count). The van der Waals surface area contributed by atoms with E-state index in [-0.39, 0.29) is 0 Å². The lowest BCUT2D eigenvalue weighted by Gasteiger charge is -2.32. The van der Waals surface area contributed by atoms with Crippen LogP contribution in [-0.2, 0) is 4.74 Å². The molecule has 0 bridgehead atoms. The largest absolute Gasteiger partial charge is 0.381 e. The predicted octanol–water partition coefficient (Wildman–Crippen LogP) is 1.73. The van der Waals surface area contributed by atoms with Gasteiger partial charge in [0, 0.05) is 31.2 Å². The number of hydrogen-bond acceptors (Lipinski definition) is 3. The number of nitrogens with one attached hydrogen (secondary N) is 1. The molecule has 1 saturated carbocycles. The van der Waals surface area contributed by atoms with Crippen molar-refractivity contribution < 1.29 is 4.74 Å². The van der Waals surface area contributed by atoms with Crippen molar-refractivity contribution in [3.63, 3.8) is 0 Å². The van der Waals surface area contributed by atoms with Gasteiger partial charge in [0.2, 0.25) is 0 Å². The second-order valence-corrected chi connectivity index (χ2v) is 5.81. The molecule has 3 unspecified atom stereocenters. The molecule has 1 aliphatic heterocycles. The van der Waals surface area contributed by atoms with E-state index >= 15 is 0 Å². The van der Waals surface area contributed by atoms with Crippen LogP contribution >= 0.6 is 0 Å². The van der Waals surface area contributed by atoms with Crippen molar-refractivity contribution in [2.45, 2.75) is 45.2 Å². The predicted molar refractivity (Wildman–Crippen MR) is 71.2 cm³/mol. The molecule has 2 aliphatic rings. The second kappa shape index (κ2) is 6.17. The molecule has 100 valence electrons. The van der Waals surface area contributed by atoms with E-state index in [2.05, 4.69) is 31.1 Å². The summed E-state index contributed by atoms with van der Waals surface area (Å²) >= 11 is 0. The van der Waals surface area contributed by atoms with Crippen LogP contribution in [0.3, 0.4) is 0 Å². The Hall–Kier alpha value is -0.120. The quantitative estimate of drug-likeness (QED) is 0.733. The SMILES string of the molecule is CCNC(CN(C)C(C)C1CC1)C1CCOC1. The lowest BCUT2D eigenvalue weighted by atomic mass is 9.98. The summed E-state index contributed by atoms with van der Waals surface area (Å²) in [4.78, 5) is 2.54. The third kappa shape index (κ3) is 3.67. The summed E-state index contributed by atoms with van der Waals surface area (Å²) in [5, 5.41) is 3.65. The Morgan fingerprint density at radius 1 is 1.29 bits per heavy atom. The van der Waals surface area contributed by atoms with Gasteiger partial charge in [0.15, 0.2) is 0 Å². The fourth-order valence-electron chi connectivity index (χ4n) is 2.93. The van der Waals surface area contributed by atoms with Crippen LogP contribution in [-0.4, -0.2) is 50.3 Å². The van der Waals surface area contributed by atoms with E-state index in [0.29, 0.717) is 12.0 Å². The molecule has 0 aromatic rings. The van der Waals surface area contributed by atoms with Gasteiger partial charge in [-0.15, -0.1) is 0 Å². The maximum absolute atomic E-state index is 5.53. The van der Waals surface area contributed by atoms with Crippen LogP contribution < -0.4 is 5.32 Å². The molecule has 1 saturated heterocycles. The van der Waals surface area contributed by atoms with Crippen molar-refractivity contribution in [2.75, 3.05) is 33.4 Å². The molecule has 1 heterocycles. The van der Waals surface area contributed by atoms with Crippen molar-refractivity contribution in [1.82, 2.24) is 10.2 Å². The van der Waals surface area contributed by atoms with E-state index < -0.39 is 0 Å². The summed E-state index contributed by atoms with van der Waals surface area (Å²) in [7, 11) is 2.28. The van der Waals surface area contributed by atoms with Gasteiger partial charge in [-0.3, -0.25) is 0 Å². The van der Waals surface area contributed by atoms with Crippen molar-refractivity contribution in [3.8, 4) is 0 Å². The average Bonchev–Trinajstić information content (AvgIpc) is 3.03. The minimum atomic E-state index is 0.605. The lowest BCUT2D eigenvalue weighted by Crippen LogP contribution is -2.47. The second-order valence-electron chi connectivity index (χ2n) is 5.81. The Kier molecular flexibility index (Phi) is 4.83. The molecule has 2 fully saturated rings. The Labute approximate surface area is 106 Å². The standard InChI is InChI=1S/C14H28N2O/c1-4-15-14(13-7-8-17-10-13)9-16(3)11(2)12-5-6-12/h11-15H,4-10H2,1-3H3. The van der Waals surface area contributed by atoms with Gasteiger partial charge in [-0.1, -0.05) is 6.92 Å². The van der Waals surface area contributed by atoms with Crippen LogP contribution in [0.1, 0.15) is 33.1 Å². The van der Waals surface area contributed by atoms with E-state index in [0.717, 1.165) is 31.7 Å². The van der Waals surface area contributed by atoms with Gasteiger partial charge in [0.25, 0.3) is 0 Å². The first-order valence-corrected chi connectivity index (χ1v) is 7.23. The summed E-state index contributed by atoms with van der Waals surface area (Å²) < 4.78 is 5.53. The monoisotopic (exact) mass is 240 g/mol. The van der Waals surface area contributed by atoms with Crippen LogP contribution in [0, 0.1) is 11.8 Å². The normalized spacial score (nSPS) is 28.6. The van der Waals surface area contributed by atoms with Crippen LogP contribution in [0.2, 0.25) is 0 Å². The van der Waals surface area contributed by atoms with Gasteiger partial charge in [-0.05, 0) is 45.7 Å². The number of likely N-dealkylation sites (N-methyl/N-ethyl adjacent to an activating group) is 2. The maximum atomic E-state index is 5.53. The molecule has 1 N–H and O–H groups in total. The van der Waals surface area contributed by atoms with Crippen LogP contribution in [0.15, 0.2) is 0 Å². The molecule has 3 nitrogen and oxygen atoms in total. The fourth-order valence-corrected chi connectivity index (χ4v) is 2.93. The first kappa shape index (κ1) is 13.3. The Morgan fingerprint density at radius 3 is 2.59 bits per heavy atom. The third-order valence-electron chi connectivity index (χ3n) is 4.48. The zero-order valence-electron chi connectivity index (χ0n) is 11.6. The molecule has 17 heavy (non-hydrogen) atoms. The van der Waals surface area contributed by atoms with Gasteiger partial charge in [-0.25, -0.2) is 0 Å². The molecular formula is C14H28N2O. The summed E-state index contributed by atoms with van der Waals surface area (Å²) in [6.45, 7) is 8.71. The number of ether oxygens (including phenoxy) is 1. The zero-order valence-corrected chi connectivity index (χ0v) is 11.6. The zero-order chi connectivity index (χ0) is 12.3. The summed E-state index contributed by atoms with van der Waals surface area (Å²) in [6, 6.07) is 1.35. The van der Waals surface area contributed by atoms with Crippen LogP contribution in [0.4, 0.5) is 0 Å². The van der Waals surface area contributed by atoms with Crippen molar-refractivity contribution in [3.05, 3.63) is 0 Å². The minimum Gasteiger partial charge on any atom is -0.381 e. The molecular weight excluding hydrogens is 212 g/mol. The highest BCUT2D eigenvalue weighted by molar-refractivity contribution is 4.88. The van der Waals surface area contributed by atoms with Gasteiger partial charge in [0.1, 0.15) is 0 Å². The summed E-state index contributed by atoms with van der Waals surface area (Å²) in [6.07, 6.45) is 4.09. The number of nitrogens with zero attached hydrogens (tertiary/aromatic N) is 1. The van der Waals surface area contributed by atoms with Crippen LogP contribution in [0.5, 0.6) is 0 Å². The highest BCUT2D eigenvalue weighted by atomic mass is 16.5. The molecule has 0 aromatic heterocycles. The summed E-state index contributed by atoms with van der Waals surface area (Å²) in [5.41, 5.74) is 0. The minimum absolute atomic E-state index is 0.605. The smallest absolute Gasteiger partial charge is 0.0510 e. The lowest BCUT2D eigenvalue weighted by molar-refractivity contribution is 0.153. The topological polar surface area (TPSA) is 24.5 Å². The van der Waals surface area contributed by atoms with E-state index in [9.17, 15) is 0 Å². The maximum Gasteiger partial charge on any atom is 0.0510 e. The van der Waals surface area contributed by atoms with Gasteiger partial charge < -0.3 is 15.0 Å². The Bertz CT molecular complexity index is 224. The molecule has 3 atom stereocenters. The first-order chi connectivity index (χ1) is 8.22. The van der Waals surface area contributed by atoms with Gasteiger partial charge in [0.05, 0.1) is 6.61 Å². The van der Waals surface area contributed by atoms with E-state index in [1.165, 1.54) is 25.8 Å². The molecule has 1 aliphatic carbocycles. The highest BCUT2D eigenvalue weighted by Gasteiger charge is 2.33. The first-order valence-electron chi connectivity index (χ1n) is 7.23. The Balaban J connectivity index is 1.82. The van der Waals surface area contributed by atoms with E-state index in [1.54, 1.807) is 0 Å². The highest BCUT2D eigenvalue weighted by Crippen LogP contribution is 2.34. The third-order valence-corrected chi connectivity index (χ3v) is 4.48. The van der Waals surface area contributed by atoms with Crippen molar-refractivity contribution >= 4 is 0 Å².